The topological polar surface area (TPSA) is 29.5 Å². The predicted molar refractivity (Wildman–Crippen MR) is 84.9 cm³/mol. The van der Waals surface area contributed by atoms with Gasteiger partial charge in [-0.15, -0.1) is 0 Å². The Bertz CT molecular complexity index is 562. The molecule has 0 aliphatic rings. The highest BCUT2D eigenvalue weighted by molar-refractivity contribution is 9.10. The summed E-state index contributed by atoms with van der Waals surface area (Å²) in [6, 6.07) is 14.1. The Hall–Kier alpha value is -1.32. The molecule has 3 heteroatoms. The van der Waals surface area contributed by atoms with Gasteiger partial charge in [-0.05, 0) is 50.7 Å². The summed E-state index contributed by atoms with van der Waals surface area (Å²) in [4.78, 5) is 0. The average Bonchev–Trinajstić information content (AvgIpc) is 2.46. The summed E-state index contributed by atoms with van der Waals surface area (Å²) >= 11 is 3.46. The van der Waals surface area contributed by atoms with Crippen LogP contribution < -0.4 is 4.74 Å². The number of aliphatic hydroxyl groups excluding tert-OH is 1. The highest BCUT2D eigenvalue weighted by Gasteiger charge is 2.04. The summed E-state index contributed by atoms with van der Waals surface area (Å²) in [7, 11) is 0. The molecule has 0 spiro atoms. The highest BCUT2D eigenvalue weighted by Crippen LogP contribution is 2.27. The first-order valence-electron chi connectivity index (χ1n) is 6.71. The number of hydrogen-bond donors (Lipinski definition) is 1. The Morgan fingerprint density at radius 3 is 2.25 bits per heavy atom. The van der Waals surface area contributed by atoms with Gasteiger partial charge in [0, 0.05) is 0 Å². The monoisotopic (exact) mass is 334 g/mol. The molecule has 0 saturated heterocycles. The summed E-state index contributed by atoms with van der Waals surface area (Å²) in [6.07, 6.45) is 0. The van der Waals surface area contributed by atoms with Gasteiger partial charge in [0.25, 0.3) is 0 Å². The van der Waals surface area contributed by atoms with Crippen molar-refractivity contribution in [1.29, 1.82) is 0 Å². The average molecular weight is 335 g/mol. The molecule has 2 aromatic rings. The molecule has 0 bridgehead atoms. The fraction of sp³-hybridized carbons (Fsp3) is 0.294. The molecule has 0 amide bonds. The van der Waals surface area contributed by atoms with Crippen molar-refractivity contribution >= 4 is 15.9 Å². The molecule has 0 unspecified atom stereocenters. The minimum absolute atomic E-state index is 0.0372. The second-order valence-electron chi connectivity index (χ2n) is 5.11. The van der Waals surface area contributed by atoms with E-state index in [4.69, 9.17) is 9.84 Å². The van der Waals surface area contributed by atoms with E-state index in [-0.39, 0.29) is 6.61 Å². The Morgan fingerprint density at radius 2 is 1.70 bits per heavy atom. The largest absolute Gasteiger partial charge is 0.488 e. The van der Waals surface area contributed by atoms with Crippen LogP contribution in [0.15, 0.2) is 46.9 Å². The second kappa shape index (κ2) is 6.91. The molecule has 0 radical (unpaired) electrons. The lowest BCUT2D eigenvalue weighted by Gasteiger charge is -2.10. The molecule has 1 N–H and O–H groups in total. The third kappa shape index (κ3) is 3.84. The molecule has 106 valence electrons. The first-order chi connectivity index (χ1) is 9.60. The van der Waals surface area contributed by atoms with Crippen molar-refractivity contribution in [3.8, 4) is 5.75 Å². The Labute approximate surface area is 128 Å². The molecule has 2 rings (SSSR count). The first-order valence-corrected chi connectivity index (χ1v) is 7.50. The van der Waals surface area contributed by atoms with Crippen molar-refractivity contribution in [1.82, 2.24) is 0 Å². The summed E-state index contributed by atoms with van der Waals surface area (Å²) < 4.78 is 6.66. The zero-order valence-corrected chi connectivity index (χ0v) is 13.4. The maximum Gasteiger partial charge on any atom is 0.134 e. The fourth-order valence-electron chi connectivity index (χ4n) is 1.92. The number of benzene rings is 2. The van der Waals surface area contributed by atoms with Crippen molar-refractivity contribution in [2.45, 2.75) is 33.0 Å². The number of hydrogen-bond acceptors (Lipinski definition) is 2. The molecule has 0 saturated carbocycles. The van der Waals surface area contributed by atoms with Crippen LogP contribution in [0, 0.1) is 0 Å². The van der Waals surface area contributed by atoms with Gasteiger partial charge >= 0.3 is 0 Å². The molecule has 2 nitrogen and oxygen atoms in total. The van der Waals surface area contributed by atoms with Crippen LogP contribution in [0.2, 0.25) is 0 Å². The van der Waals surface area contributed by atoms with Gasteiger partial charge in [-0.25, -0.2) is 0 Å². The van der Waals surface area contributed by atoms with Crippen LogP contribution in [0.4, 0.5) is 0 Å². The van der Waals surface area contributed by atoms with Gasteiger partial charge in [-0.3, -0.25) is 0 Å². The van der Waals surface area contributed by atoms with Gasteiger partial charge in [0.2, 0.25) is 0 Å². The van der Waals surface area contributed by atoms with Crippen LogP contribution in [0.5, 0.6) is 5.75 Å². The van der Waals surface area contributed by atoms with E-state index in [2.05, 4.69) is 54.0 Å². The van der Waals surface area contributed by atoms with E-state index in [0.717, 1.165) is 21.3 Å². The maximum absolute atomic E-state index is 9.07. The van der Waals surface area contributed by atoms with E-state index in [1.54, 1.807) is 0 Å². The summed E-state index contributed by atoms with van der Waals surface area (Å²) in [5.74, 6) is 1.33. The van der Waals surface area contributed by atoms with Gasteiger partial charge in [0.05, 0.1) is 11.1 Å². The van der Waals surface area contributed by atoms with Crippen molar-refractivity contribution in [2.75, 3.05) is 0 Å². The lowest BCUT2D eigenvalue weighted by atomic mass is 10.0. The van der Waals surface area contributed by atoms with E-state index >= 15 is 0 Å². The summed E-state index contributed by atoms with van der Waals surface area (Å²) in [5.41, 5.74) is 3.35. The fourth-order valence-corrected chi connectivity index (χ4v) is 2.46. The normalized spacial score (nSPS) is 10.8. The summed E-state index contributed by atoms with van der Waals surface area (Å²) in [5, 5.41) is 9.07. The van der Waals surface area contributed by atoms with E-state index in [1.807, 2.05) is 18.2 Å². The maximum atomic E-state index is 9.07. The van der Waals surface area contributed by atoms with E-state index in [9.17, 15) is 0 Å². The van der Waals surface area contributed by atoms with E-state index in [1.165, 1.54) is 5.56 Å². The zero-order chi connectivity index (χ0) is 14.5. The van der Waals surface area contributed by atoms with Crippen LogP contribution in [-0.4, -0.2) is 5.11 Å². The van der Waals surface area contributed by atoms with Gasteiger partial charge in [-0.1, -0.05) is 44.2 Å². The predicted octanol–water partition coefficient (Wildman–Crippen LogP) is 4.64. The molecule has 0 heterocycles. The van der Waals surface area contributed by atoms with Gasteiger partial charge < -0.3 is 9.84 Å². The standard InChI is InChI=1S/C17H19BrO2/c1-12(2)15-6-3-13(4-7-15)11-20-17-8-5-14(10-19)9-16(17)18/h3-9,12,19H,10-11H2,1-2H3. The molecule has 20 heavy (non-hydrogen) atoms. The second-order valence-corrected chi connectivity index (χ2v) is 5.96. The van der Waals surface area contributed by atoms with Crippen molar-refractivity contribution in [2.24, 2.45) is 0 Å². The van der Waals surface area contributed by atoms with Crippen molar-refractivity contribution in [3.63, 3.8) is 0 Å². The molecule has 2 aromatic carbocycles. The smallest absolute Gasteiger partial charge is 0.134 e. The number of aliphatic hydroxyl groups is 1. The Morgan fingerprint density at radius 1 is 1.05 bits per heavy atom. The van der Waals surface area contributed by atoms with Crippen molar-refractivity contribution < 1.29 is 9.84 Å². The summed E-state index contributed by atoms with van der Waals surface area (Å²) in [6.45, 7) is 4.95. The minimum Gasteiger partial charge on any atom is -0.488 e. The number of ether oxygens (including phenoxy) is 1. The molecular weight excluding hydrogens is 316 g/mol. The molecule has 0 aliphatic carbocycles. The molecule has 0 aromatic heterocycles. The third-order valence-electron chi connectivity index (χ3n) is 3.22. The minimum atomic E-state index is 0.0372. The quantitative estimate of drug-likeness (QED) is 0.862. The highest BCUT2D eigenvalue weighted by atomic mass is 79.9. The van der Waals surface area contributed by atoms with Crippen LogP contribution in [0.1, 0.15) is 36.5 Å². The lowest BCUT2D eigenvalue weighted by Crippen LogP contribution is -1.97. The van der Waals surface area contributed by atoms with Crippen molar-refractivity contribution in [3.05, 3.63) is 63.6 Å². The van der Waals surface area contributed by atoms with Gasteiger partial charge in [-0.2, -0.15) is 0 Å². The third-order valence-corrected chi connectivity index (χ3v) is 3.84. The Balaban J connectivity index is 2.01. The lowest BCUT2D eigenvalue weighted by molar-refractivity contribution is 0.280. The van der Waals surface area contributed by atoms with Crippen LogP contribution in [0.3, 0.4) is 0 Å². The Kier molecular flexibility index (Phi) is 5.21. The number of rotatable bonds is 5. The number of halogens is 1. The van der Waals surface area contributed by atoms with Gasteiger partial charge in [0.15, 0.2) is 0 Å². The zero-order valence-electron chi connectivity index (χ0n) is 11.8. The first kappa shape index (κ1) is 15.1. The molecule has 0 atom stereocenters. The van der Waals surface area contributed by atoms with Crippen LogP contribution in [-0.2, 0) is 13.2 Å². The molecule has 0 fully saturated rings. The van der Waals surface area contributed by atoms with Crippen LogP contribution >= 0.6 is 15.9 Å². The SMILES string of the molecule is CC(C)c1ccc(COc2ccc(CO)cc2Br)cc1. The molecule has 0 aliphatic heterocycles. The van der Waals surface area contributed by atoms with Crippen LogP contribution in [0.25, 0.3) is 0 Å². The van der Waals surface area contributed by atoms with E-state index < -0.39 is 0 Å². The van der Waals surface area contributed by atoms with E-state index in [0.29, 0.717) is 12.5 Å². The van der Waals surface area contributed by atoms with Gasteiger partial charge in [0.1, 0.15) is 12.4 Å². The molecular formula is C17H19BrO2.